The lowest BCUT2D eigenvalue weighted by Gasteiger charge is -2.48. The van der Waals surface area contributed by atoms with E-state index in [0.29, 0.717) is 58.2 Å². The van der Waals surface area contributed by atoms with Crippen LogP contribution in [0.2, 0.25) is 0 Å². The number of ether oxygens (including phenoxy) is 4. The van der Waals surface area contributed by atoms with Crippen molar-refractivity contribution in [1.29, 1.82) is 0 Å². The SMILES string of the molecule is CCOC(=O)CCCCCCCC(C(=O)OCC)C(=O)C(CCCCCC(CC)(CC)C(CC)(CC)C(=O)OCC)C(=O)OCC. The minimum Gasteiger partial charge on any atom is -0.466 e. The number of hydrogen-bond donors (Lipinski definition) is 0. The van der Waals surface area contributed by atoms with E-state index in [9.17, 15) is 24.0 Å². The maximum absolute atomic E-state index is 13.7. The van der Waals surface area contributed by atoms with Crippen molar-refractivity contribution in [2.24, 2.45) is 22.7 Å². The van der Waals surface area contributed by atoms with E-state index < -0.39 is 35.0 Å². The summed E-state index contributed by atoms with van der Waals surface area (Å²) in [5.41, 5.74) is -0.753. The van der Waals surface area contributed by atoms with Crippen LogP contribution in [0.3, 0.4) is 0 Å². The average molecular weight is 655 g/mol. The van der Waals surface area contributed by atoms with Crippen LogP contribution in [0, 0.1) is 22.7 Å². The zero-order valence-corrected chi connectivity index (χ0v) is 30.5. The molecule has 0 aliphatic rings. The van der Waals surface area contributed by atoms with E-state index in [1.807, 2.05) is 6.92 Å². The van der Waals surface area contributed by atoms with Crippen molar-refractivity contribution in [3.05, 3.63) is 0 Å². The van der Waals surface area contributed by atoms with Crippen LogP contribution in [-0.2, 0) is 42.9 Å². The standard InChI is InChI=1S/C37H66O9/c1-9-36(10-2,37(11-3,12-4)35(42)46-16-8)28-24-20-22-26-30(34(41)45-15-7)32(39)29(33(40)44-14-6)25-21-18-17-19-23-27-31(38)43-13-5/h29-30H,9-28H2,1-8H3. The highest BCUT2D eigenvalue weighted by molar-refractivity contribution is 6.08. The van der Waals surface area contributed by atoms with Crippen LogP contribution in [0.15, 0.2) is 0 Å². The monoisotopic (exact) mass is 654 g/mol. The molecule has 46 heavy (non-hydrogen) atoms. The second-order valence-electron chi connectivity index (χ2n) is 12.2. The third kappa shape index (κ3) is 13.3. The highest BCUT2D eigenvalue weighted by atomic mass is 16.5. The molecule has 0 saturated carbocycles. The first kappa shape index (κ1) is 43.5. The Morgan fingerprint density at radius 2 is 0.935 bits per heavy atom. The second-order valence-corrected chi connectivity index (χ2v) is 12.2. The molecule has 0 N–H and O–H groups in total. The van der Waals surface area contributed by atoms with Gasteiger partial charge in [0.1, 0.15) is 11.8 Å². The molecule has 0 aromatic rings. The summed E-state index contributed by atoms with van der Waals surface area (Å²) < 4.78 is 21.1. The molecular weight excluding hydrogens is 588 g/mol. The molecule has 0 aliphatic carbocycles. The Balaban J connectivity index is 5.48. The highest BCUT2D eigenvalue weighted by Crippen LogP contribution is 2.54. The topological polar surface area (TPSA) is 122 Å². The summed E-state index contributed by atoms with van der Waals surface area (Å²) in [7, 11) is 0. The smallest absolute Gasteiger partial charge is 0.316 e. The maximum atomic E-state index is 13.7. The number of hydrogen-bond acceptors (Lipinski definition) is 9. The van der Waals surface area contributed by atoms with Gasteiger partial charge < -0.3 is 18.9 Å². The first-order valence-corrected chi connectivity index (χ1v) is 18.2. The maximum Gasteiger partial charge on any atom is 0.316 e. The molecule has 9 nitrogen and oxygen atoms in total. The molecule has 0 bridgehead atoms. The van der Waals surface area contributed by atoms with Gasteiger partial charge in [0, 0.05) is 6.42 Å². The van der Waals surface area contributed by atoms with E-state index in [4.69, 9.17) is 18.9 Å². The van der Waals surface area contributed by atoms with Crippen molar-refractivity contribution < 1.29 is 42.9 Å². The minimum absolute atomic E-state index is 0.113. The van der Waals surface area contributed by atoms with Crippen LogP contribution >= 0.6 is 0 Å². The molecule has 0 aliphatic heterocycles. The second kappa shape index (κ2) is 24.7. The van der Waals surface area contributed by atoms with Gasteiger partial charge >= 0.3 is 23.9 Å². The molecule has 268 valence electrons. The van der Waals surface area contributed by atoms with Crippen molar-refractivity contribution in [1.82, 2.24) is 0 Å². The molecule has 0 rings (SSSR count). The molecule has 0 spiro atoms. The molecule has 2 atom stereocenters. The third-order valence-corrected chi connectivity index (χ3v) is 9.90. The predicted octanol–water partition coefficient (Wildman–Crippen LogP) is 8.33. The molecule has 0 fully saturated rings. The summed E-state index contributed by atoms with van der Waals surface area (Å²) >= 11 is 0. The zero-order valence-electron chi connectivity index (χ0n) is 30.5. The van der Waals surface area contributed by atoms with Gasteiger partial charge in [-0.25, -0.2) is 0 Å². The van der Waals surface area contributed by atoms with E-state index in [1.165, 1.54) is 0 Å². The Hall–Kier alpha value is -2.45. The molecule has 0 heterocycles. The van der Waals surface area contributed by atoms with Gasteiger partial charge in [-0.05, 0) is 84.5 Å². The number of Topliss-reactive ketones (excluding diaryl/α,β-unsaturated/α-hetero) is 1. The summed E-state index contributed by atoms with van der Waals surface area (Å²) in [5.74, 6) is -3.94. The fraction of sp³-hybridized carbons (Fsp3) is 0.865. The Morgan fingerprint density at radius 1 is 0.500 bits per heavy atom. The van der Waals surface area contributed by atoms with Gasteiger partial charge in [-0.3, -0.25) is 24.0 Å². The van der Waals surface area contributed by atoms with E-state index in [2.05, 4.69) is 27.7 Å². The summed E-state index contributed by atoms with van der Waals surface area (Å²) in [6, 6.07) is 0. The number of rotatable bonds is 28. The van der Waals surface area contributed by atoms with Crippen LogP contribution in [-0.4, -0.2) is 56.1 Å². The van der Waals surface area contributed by atoms with Gasteiger partial charge in [0.25, 0.3) is 0 Å². The van der Waals surface area contributed by atoms with Crippen molar-refractivity contribution in [2.45, 2.75) is 158 Å². The Bertz CT molecular complexity index is 889. The molecule has 0 radical (unpaired) electrons. The number of ketones is 1. The normalized spacial score (nSPS) is 13.0. The first-order valence-electron chi connectivity index (χ1n) is 18.2. The fourth-order valence-corrected chi connectivity index (χ4v) is 7.15. The third-order valence-electron chi connectivity index (χ3n) is 9.90. The minimum atomic E-state index is -1.02. The number of esters is 4. The number of carbonyl (C=O) groups is 5. The Morgan fingerprint density at radius 3 is 1.37 bits per heavy atom. The summed E-state index contributed by atoms with van der Waals surface area (Å²) in [6.45, 7) is 16.5. The van der Waals surface area contributed by atoms with Gasteiger partial charge in [0.05, 0.1) is 31.8 Å². The van der Waals surface area contributed by atoms with Crippen LogP contribution in [0.1, 0.15) is 158 Å². The van der Waals surface area contributed by atoms with Crippen LogP contribution in [0.4, 0.5) is 0 Å². The number of unbranched alkanes of at least 4 members (excludes halogenated alkanes) is 6. The van der Waals surface area contributed by atoms with Crippen LogP contribution in [0.5, 0.6) is 0 Å². The Labute approximate surface area is 279 Å². The highest BCUT2D eigenvalue weighted by Gasteiger charge is 2.52. The van der Waals surface area contributed by atoms with Crippen LogP contribution < -0.4 is 0 Å². The van der Waals surface area contributed by atoms with E-state index in [0.717, 1.165) is 57.8 Å². The molecule has 9 heteroatoms. The van der Waals surface area contributed by atoms with Gasteiger partial charge in [-0.2, -0.15) is 0 Å². The van der Waals surface area contributed by atoms with E-state index >= 15 is 0 Å². The van der Waals surface area contributed by atoms with Crippen LogP contribution in [0.25, 0.3) is 0 Å². The lowest BCUT2D eigenvalue weighted by molar-refractivity contribution is -0.168. The molecule has 0 amide bonds. The zero-order chi connectivity index (χ0) is 35.0. The molecule has 0 aromatic heterocycles. The average Bonchev–Trinajstić information content (AvgIpc) is 3.04. The lowest BCUT2D eigenvalue weighted by Crippen LogP contribution is -2.47. The van der Waals surface area contributed by atoms with Gasteiger partial charge in [0.2, 0.25) is 0 Å². The van der Waals surface area contributed by atoms with Gasteiger partial charge in [-0.1, -0.05) is 72.6 Å². The van der Waals surface area contributed by atoms with Crippen molar-refractivity contribution in [2.75, 3.05) is 26.4 Å². The molecular formula is C37H66O9. The van der Waals surface area contributed by atoms with Gasteiger partial charge in [-0.15, -0.1) is 0 Å². The van der Waals surface area contributed by atoms with Crippen molar-refractivity contribution in [3.63, 3.8) is 0 Å². The lowest BCUT2D eigenvalue weighted by atomic mass is 9.55. The fourth-order valence-electron chi connectivity index (χ4n) is 7.15. The number of carbonyl (C=O) groups excluding carboxylic acids is 5. The summed E-state index contributed by atoms with van der Waals surface area (Å²) in [4.78, 5) is 64.4. The van der Waals surface area contributed by atoms with E-state index in [1.54, 1.807) is 20.8 Å². The van der Waals surface area contributed by atoms with Gasteiger partial charge in [0.15, 0.2) is 5.78 Å². The molecule has 2 unspecified atom stereocenters. The Kier molecular flexibility index (Phi) is 23.4. The first-order chi connectivity index (χ1) is 22.0. The van der Waals surface area contributed by atoms with Crippen molar-refractivity contribution >= 4 is 29.7 Å². The summed E-state index contributed by atoms with van der Waals surface area (Å²) in [6.07, 6.45) is 11.2. The largest absolute Gasteiger partial charge is 0.466 e. The molecule has 0 aromatic carbocycles. The predicted molar refractivity (Wildman–Crippen MR) is 180 cm³/mol. The quantitative estimate of drug-likeness (QED) is 0.0354. The molecule has 0 saturated heterocycles. The van der Waals surface area contributed by atoms with E-state index in [-0.39, 0.29) is 30.6 Å². The van der Waals surface area contributed by atoms with Crippen molar-refractivity contribution in [3.8, 4) is 0 Å². The summed E-state index contributed by atoms with van der Waals surface area (Å²) in [5, 5.41) is 0.